The molecule has 0 aliphatic heterocycles. The van der Waals surface area contributed by atoms with Gasteiger partial charge in [-0.1, -0.05) is 25.1 Å². The maximum atomic E-state index is 5.58. The van der Waals surface area contributed by atoms with E-state index in [1.807, 2.05) is 18.3 Å². The zero-order chi connectivity index (χ0) is 24.1. The smallest absolute Gasteiger partial charge is 0.278 e. The highest BCUT2D eigenvalue weighted by Gasteiger charge is 2.38. The molecule has 1 unspecified atom stereocenters. The van der Waals surface area contributed by atoms with E-state index >= 15 is 0 Å². The summed E-state index contributed by atoms with van der Waals surface area (Å²) in [5, 5.41) is 4.30. The molecule has 2 N–H and O–H groups in total. The summed E-state index contributed by atoms with van der Waals surface area (Å²) in [5.41, 5.74) is 9.00. The average molecular weight is 461 g/mol. The molecule has 0 aliphatic rings. The standard InChI is InChI=1S/C24H28N8O2/c1-15(2)24(3,17-7-8-19(27-12-17)16-10-29-23(25)30-11-16)22-31-21(34-32-22)20-14-26-18(13-28-20)6-5-9-33-4/h7-8,10-15H,5-6,9H2,1-4H3,(H2,25,29,30). The number of anilines is 1. The molecule has 0 saturated carbocycles. The van der Waals surface area contributed by atoms with Gasteiger partial charge in [-0.2, -0.15) is 4.98 Å². The lowest BCUT2D eigenvalue weighted by molar-refractivity contribution is 0.195. The number of aryl methyl sites for hydroxylation is 1. The van der Waals surface area contributed by atoms with E-state index in [9.17, 15) is 0 Å². The minimum absolute atomic E-state index is 0.166. The topological polar surface area (TPSA) is 139 Å². The van der Waals surface area contributed by atoms with Crippen LogP contribution in [0.25, 0.3) is 22.8 Å². The second kappa shape index (κ2) is 10.0. The van der Waals surface area contributed by atoms with Crippen molar-refractivity contribution in [3.63, 3.8) is 0 Å². The second-order valence-electron chi connectivity index (χ2n) is 8.53. The molecule has 4 aromatic heterocycles. The van der Waals surface area contributed by atoms with Crippen molar-refractivity contribution in [2.75, 3.05) is 19.5 Å². The summed E-state index contributed by atoms with van der Waals surface area (Å²) in [5.74, 6) is 1.29. The number of nitrogens with zero attached hydrogens (tertiary/aromatic N) is 7. The van der Waals surface area contributed by atoms with Crippen LogP contribution in [0.1, 0.15) is 44.3 Å². The Balaban J connectivity index is 1.58. The van der Waals surface area contributed by atoms with E-state index in [0.717, 1.165) is 35.4 Å². The van der Waals surface area contributed by atoms with Crippen LogP contribution in [0, 0.1) is 5.92 Å². The van der Waals surface area contributed by atoms with Gasteiger partial charge in [0.05, 0.1) is 23.0 Å². The summed E-state index contributed by atoms with van der Waals surface area (Å²) in [7, 11) is 1.69. The molecule has 0 fully saturated rings. The maximum Gasteiger partial charge on any atom is 0.278 e. The van der Waals surface area contributed by atoms with Gasteiger partial charge in [-0.3, -0.25) is 9.97 Å². The van der Waals surface area contributed by atoms with Crippen molar-refractivity contribution in [3.8, 4) is 22.8 Å². The van der Waals surface area contributed by atoms with Gasteiger partial charge in [0.1, 0.15) is 5.69 Å². The van der Waals surface area contributed by atoms with Crippen LogP contribution in [-0.2, 0) is 16.6 Å². The molecular formula is C24H28N8O2. The van der Waals surface area contributed by atoms with Crippen molar-refractivity contribution in [1.82, 2.24) is 35.1 Å². The maximum absolute atomic E-state index is 5.58. The van der Waals surface area contributed by atoms with E-state index in [1.165, 1.54) is 0 Å². The highest BCUT2D eigenvalue weighted by atomic mass is 16.5. The Morgan fingerprint density at radius 2 is 1.74 bits per heavy atom. The number of nitrogens with two attached hydrogens (primary N) is 1. The Kier molecular flexibility index (Phi) is 6.87. The van der Waals surface area contributed by atoms with Crippen LogP contribution >= 0.6 is 0 Å². The van der Waals surface area contributed by atoms with Crippen molar-refractivity contribution >= 4 is 5.95 Å². The van der Waals surface area contributed by atoms with Crippen molar-refractivity contribution in [2.24, 2.45) is 5.92 Å². The molecule has 10 heteroatoms. The molecule has 4 heterocycles. The quantitative estimate of drug-likeness (QED) is 0.369. The summed E-state index contributed by atoms with van der Waals surface area (Å²) >= 11 is 0. The van der Waals surface area contributed by atoms with Gasteiger partial charge >= 0.3 is 0 Å². The van der Waals surface area contributed by atoms with Crippen LogP contribution in [0.15, 0.2) is 47.6 Å². The fourth-order valence-electron chi connectivity index (χ4n) is 3.59. The van der Waals surface area contributed by atoms with Gasteiger partial charge < -0.3 is 15.0 Å². The summed E-state index contributed by atoms with van der Waals surface area (Å²) < 4.78 is 10.7. The zero-order valence-corrected chi connectivity index (χ0v) is 19.8. The highest BCUT2D eigenvalue weighted by Crippen LogP contribution is 2.38. The first kappa shape index (κ1) is 23.4. The monoisotopic (exact) mass is 460 g/mol. The molecule has 0 saturated heterocycles. The van der Waals surface area contributed by atoms with Crippen LogP contribution in [0.5, 0.6) is 0 Å². The lowest BCUT2D eigenvalue weighted by Crippen LogP contribution is -2.31. The molecule has 0 amide bonds. The zero-order valence-electron chi connectivity index (χ0n) is 19.8. The molecule has 0 aliphatic carbocycles. The van der Waals surface area contributed by atoms with Gasteiger partial charge in [0, 0.05) is 44.1 Å². The molecule has 4 aromatic rings. The number of methoxy groups -OCH3 is 1. The summed E-state index contributed by atoms with van der Waals surface area (Å²) in [6.07, 6.45) is 10.2. The average Bonchev–Trinajstić information content (AvgIpc) is 3.35. The molecular weight excluding hydrogens is 432 g/mol. The Morgan fingerprint density at radius 3 is 2.35 bits per heavy atom. The number of ether oxygens (including phenoxy) is 1. The van der Waals surface area contributed by atoms with E-state index in [1.54, 1.807) is 31.9 Å². The SMILES string of the molecule is COCCCc1cnc(-c2nc(C(C)(c3ccc(-c4cnc(N)nc4)nc3)C(C)C)no2)cn1. The van der Waals surface area contributed by atoms with Crippen molar-refractivity contribution in [2.45, 2.75) is 39.0 Å². The van der Waals surface area contributed by atoms with E-state index in [-0.39, 0.29) is 11.9 Å². The fourth-order valence-corrected chi connectivity index (χ4v) is 3.59. The van der Waals surface area contributed by atoms with Crippen LogP contribution in [0.2, 0.25) is 0 Å². The normalized spacial score (nSPS) is 13.2. The third-order valence-corrected chi connectivity index (χ3v) is 6.08. The Morgan fingerprint density at radius 1 is 0.971 bits per heavy atom. The van der Waals surface area contributed by atoms with Crippen LogP contribution in [0.3, 0.4) is 0 Å². The predicted molar refractivity (Wildman–Crippen MR) is 126 cm³/mol. The largest absolute Gasteiger partial charge is 0.385 e. The van der Waals surface area contributed by atoms with Gasteiger partial charge in [0.15, 0.2) is 5.82 Å². The number of hydrogen-bond acceptors (Lipinski definition) is 10. The van der Waals surface area contributed by atoms with Gasteiger partial charge in [0.2, 0.25) is 5.95 Å². The number of rotatable bonds is 9. The van der Waals surface area contributed by atoms with Gasteiger partial charge in [-0.25, -0.2) is 15.0 Å². The van der Waals surface area contributed by atoms with Gasteiger partial charge in [0.25, 0.3) is 5.89 Å². The van der Waals surface area contributed by atoms with Crippen LogP contribution in [-0.4, -0.2) is 48.8 Å². The summed E-state index contributed by atoms with van der Waals surface area (Å²) in [6.45, 7) is 7.01. The van der Waals surface area contributed by atoms with E-state index in [0.29, 0.717) is 24.0 Å². The second-order valence-corrected chi connectivity index (χ2v) is 8.53. The van der Waals surface area contributed by atoms with Crippen LogP contribution < -0.4 is 5.73 Å². The van der Waals surface area contributed by atoms with Crippen molar-refractivity contribution < 1.29 is 9.26 Å². The number of pyridine rings is 1. The molecule has 1 atom stereocenters. The first-order valence-corrected chi connectivity index (χ1v) is 11.1. The van der Waals surface area contributed by atoms with E-state index < -0.39 is 5.41 Å². The molecule has 0 aromatic carbocycles. The minimum atomic E-state index is -0.529. The Hall–Kier alpha value is -3.79. The van der Waals surface area contributed by atoms with Crippen molar-refractivity contribution in [1.29, 1.82) is 0 Å². The lowest BCUT2D eigenvalue weighted by Gasteiger charge is -2.30. The first-order valence-electron chi connectivity index (χ1n) is 11.1. The summed E-state index contributed by atoms with van der Waals surface area (Å²) in [4.78, 5) is 26.3. The first-order chi connectivity index (χ1) is 16.4. The molecule has 176 valence electrons. The highest BCUT2D eigenvalue weighted by molar-refractivity contribution is 5.57. The third kappa shape index (κ3) is 4.76. The number of aromatic nitrogens is 7. The summed E-state index contributed by atoms with van der Waals surface area (Å²) in [6, 6.07) is 3.95. The Labute approximate surface area is 198 Å². The van der Waals surface area contributed by atoms with Gasteiger partial charge in [-0.05, 0) is 37.3 Å². The lowest BCUT2D eigenvalue weighted by atomic mass is 9.73. The van der Waals surface area contributed by atoms with E-state index in [2.05, 4.69) is 55.8 Å². The molecule has 0 radical (unpaired) electrons. The van der Waals surface area contributed by atoms with Crippen molar-refractivity contribution in [3.05, 3.63) is 60.2 Å². The molecule has 10 nitrogen and oxygen atoms in total. The minimum Gasteiger partial charge on any atom is -0.385 e. The third-order valence-electron chi connectivity index (χ3n) is 6.08. The molecule has 34 heavy (non-hydrogen) atoms. The number of hydrogen-bond donors (Lipinski definition) is 1. The Bertz CT molecular complexity index is 1210. The number of nitrogen functional groups attached to an aromatic ring is 1. The van der Waals surface area contributed by atoms with E-state index in [4.69, 9.17) is 15.0 Å². The fraction of sp³-hybridized carbons (Fsp3) is 0.375. The molecule has 4 rings (SSSR count). The predicted octanol–water partition coefficient (Wildman–Crippen LogP) is 3.50. The molecule has 0 bridgehead atoms. The molecule has 0 spiro atoms. The van der Waals surface area contributed by atoms with Gasteiger partial charge in [-0.15, -0.1) is 0 Å². The van der Waals surface area contributed by atoms with Crippen LogP contribution in [0.4, 0.5) is 5.95 Å².